The Morgan fingerprint density at radius 1 is 0.405 bits per heavy atom. The molecule has 0 unspecified atom stereocenters. The van der Waals surface area contributed by atoms with Crippen LogP contribution in [-0.2, 0) is 20.2 Å². The van der Waals surface area contributed by atoms with E-state index in [1.54, 1.807) is 24.3 Å². The highest BCUT2D eigenvalue weighted by Gasteiger charge is 2.29. The molecule has 0 amide bonds. The molecule has 0 aromatic heterocycles. The number of rotatable bonds is 6. The summed E-state index contributed by atoms with van der Waals surface area (Å²) in [5, 5.41) is 3.29. The normalized spacial score (nSPS) is 12.7. The maximum Gasteiger partial charge on any atom is 0.339 e. The molecule has 0 radical (unpaired) electrons. The highest BCUT2D eigenvalue weighted by Crippen LogP contribution is 2.40. The molecular formula is C33H20O7S2. The number of benzene rings is 6. The minimum Gasteiger partial charge on any atom is -0.379 e. The van der Waals surface area contributed by atoms with E-state index in [9.17, 15) is 21.6 Å². The maximum atomic E-state index is 13.3. The van der Waals surface area contributed by atoms with Gasteiger partial charge in [-0.25, -0.2) is 0 Å². The summed E-state index contributed by atoms with van der Waals surface area (Å²) in [7, 11) is -8.34. The lowest BCUT2D eigenvalue weighted by molar-refractivity contribution is 0.104. The van der Waals surface area contributed by atoms with Gasteiger partial charge in [0.2, 0.25) is 0 Å². The Labute approximate surface area is 241 Å². The zero-order valence-electron chi connectivity index (χ0n) is 21.7. The van der Waals surface area contributed by atoms with Crippen molar-refractivity contribution in [1.29, 1.82) is 0 Å². The molecule has 0 N–H and O–H groups in total. The largest absolute Gasteiger partial charge is 0.379 e. The van der Waals surface area contributed by atoms with Crippen LogP contribution in [0.4, 0.5) is 0 Å². The summed E-state index contributed by atoms with van der Waals surface area (Å²) in [5.74, 6) is -0.432. The van der Waals surface area contributed by atoms with Crippen molar-refractivity contribution >= 4 is 47.6 Å². The van der Waals surface area contributed by atoms with Crippen molar-refractivity contribution in [2.75, 3.05) is 0 Å². The van der Waals surface area contributed by atoms with Crippen molar-refractivity contribution in [2.45, 2.75) is 9.79 Å². The molecule has 0 aliphatic heterocycles. The van der Waals surface area contributed by atoms with Crippen LogP contribution in [0.25, 0.3) is 32.7 Å². The fourth-order valence-corrected chi connectivity index (χ4v) is 7.05. The fraction of sp³-hybridized carbons (Fsp3) is 0. The lowest BCUT2D eigenvalue weighted by Crippen LogP contribution is -2.10. The smallest absolute Gasteiger partial charge is 0.339 e. The first kappa shape index (κ1) is 25.9. The van der Waals surface area contributed by atoms with Crippen LogP contribution in [0.2, 0.25) is 0 Å². The van der Waals surface area contributed by atoms with Gasteiger partial charge in [0.05, 0.1) is 0 Å². The molecule has 0 fully saturated rings. The molecule has 0 heterocycles. The first-order valence-corrected chi connectivity index (χ1v) is 15.7. The Kier molecular flexibility index (Phi) is 5.89. The van der Waals surface area contributed by atoms with Gasteiger partial charge in [-0.05, 0) is 93.3 Å². The third-order valence-electron chi connectivity index (χ3n) is 7.19. The van der Waals surface area contributed by atoms with Gasteiger partial charge in [-0.1, -0.05) is 60.7 Å². The van der Waals surface area contributed by atoms with E-state index < -0.39 is 26.0 Å². The molecule has 0 spiro atoms. The van der Waals surface area contributed by atoms with Crippen LogP contribution in [0.15, 0.2) is 131 Å². The summed E-state index contributed by atoms with van der Waals surface area (Å²) >= 11 is 0. The molecule has 6 aromatic carbocycles. The maximum absolute atomic E-state index is 13.3. The van der Waals surface area contributed by atoms with Crippen molar-refractivity contribution in [2.24, 2.45) is 0 Å². The summed E-state index contributed by atoms with van der Waals surface area (Å²) in [6, 6.07) is 33.1. The van der Waals surface area contributed by atoms with Gasteiger partial charge >= 0.3 is 20.2 Å². The number of fused-ring (bicyclic) bond motifs is 5. The molecule has 42 heavy (non-hydrogen) atoms. The molecule has 6 aromatic rings. The van der Waals surface area contributed by atoms with E-state index in [1.165, 1.54) is 48.5 Å². The van der Waals surface area contributed by atoms with E-state index in [4.69, 9.17) is 8.37 Å². The third kappa shape index (κ3) is 4.49. The van der Waals surface area contributed by atoms with Crippen LogP contribution in [0.5, 0.6) is 11.5 Å². The molecule has 9 heteroatoms. The number of carbonyl (C=O) groups is 1. The predicted molar refractivity (Wildman–Crippen MR) is 159 cm³/mol. The molecule has 7 nitrogen and oxygen atoms in total. The van der Waals surface area contributed by atoms with Gasteiger partial charge in [-0.2, -0.15) is 16.8 Å². The number of hydrogen-bond acceptors (Lipinski definition) is 7. The minimum absolute atomic E-state index is 0.00859. The summed E-state index contributed by atoms with van der Waals surface area (Å²) in [6.07, 6.45) is 0. The van der Waals surface area contributed by atoms with E-state index in [0.717, 1.165) is 21.5 Å². The summed E-state index contributed by atoms with van der Waals surface area (Å²) in [4.78, 5) is 13.3. The Morgan fingerprint density at radius 3 is 1.24 bits per heavy atom. The Hall–Kier alpha value is -4.99. The first-order chi connectivity index (χ1) is 20.2. The molecule has 0 bridgehead atoms. The van der Waals surface area contributed by atoms with Crippen LogP contribution in [-0.4, -0.2) is 22.6 Å². The number of carbonyl (C=O) groups excluding carboxylic acids is 1. The van der Waals surface area contributed by atoms with Crippen molar-refractivity contribution < 1.29 is 30.0 Å². The quantitative estimate of drug-likeness (QED) is 0.197. The standard InChI is InChI=1S/C33H20O7S2/c34-33-31-19-25(39-41(35,36)27-13-9-21-5-1-3-7-23(21)17-27)11-15-29(31)30-16-12-26(20-32(30)33)40-42(37,38)28-14-10-22-6-2-4-8-24(22)18-28/h1-20H. The molecule has 0 saturated carbocycles. The summed E-state index contributed by atoms with van der Waals surface area (Å²) < 4.78 is 62.9. The zero-order valence-corrected chi connectivity index (χ0v) is 23.4. The molecule has 0 saturated heterocycles. The van der Waals surface area contributed by atoms with E-state index in [1.807, 2.05) is 48.5 Å². The second kappa shape index (κ2) is 9.54. The molecule has 1 aliphatic carbocycles. The lowest BCUT2D eigenvalue weighted by atomic mass is 10.1. The van der Waals surface area contributed by atoms with Gasteiger partial charge in [-0.3, -0.25) is 4.79 Å². The first-order valence-electron chi connectivity index (χ1n) is 12.9. The highest BCUT2D eigenvalue weighted by molar-refractivity contribution is 7.87. The van der Waals surface area contributed by atoms with Crippen molar-refractivity contribution in [3.8, 4) is 22.6 Å². The number of hydrogen-bond donors (Lipinski definition) is 0. The van der Waals surface area contributed by atoms with Crippen LogP contribution < -0.4 is 8.37 Å². The molecule has 7 rings (SSSR count). The van der Waals surface area contributed by atoms with Crippen molar-refractivity contribution in [3.05, 3.63) is 132 Å². The van der Waals surface area contributed by atoms with Gasteiger partial charge < -0.3 is 8.37 Å². The second-order valence-corrected chi connectivity index (χ2v) is 12.9. The van der Waals surface area contributed by atoms with Gasteiger partial charge in [0.25, 0.3) is 0 Å². The zero-order chi connectivity index (χ0) is 29.1. The summed E-state index contributed by atoms with van der Waals surface area (Å²) in [6.45, 7) is 0. The fourth-order valence-electron chi connectivity index (χ4n) is 5.14. The van der Waals surface area contributed by atoms with Crippen LogP contribution in [0.1, 0.15) is 15.9 Å². The summed E-state index contributed by atoms with van der Waals surface area (Å²) in [5.41, 5.74) is 1.64. The highest BCUT2D eigenvalue weighted by atomic mass is 32.2. The topological polar surface area (TPSA) is 104 Å². The van der Waals surface area contributed by atoms with E-state index in [0.29, 0.717) is 11.1 Å². The van der Waals surface area contributed by atoms with E-state index in [-0.39, 0.29) is 32.4 Å². The van der Waals surface area contributed by atoms with Gasteiger partial charge in [0.15, 0.2) is 5.78 Å². The minimum atomic E-state index is -4.17. The van der Waals surface area contributed by atoms with E-state index >= 15 is 0 Å². The van der Waals surface area contributed by atoms with Crippen molar-refractivity contribution in [3.63, 3.8) is 0 Å². The monoisotopic (exact) mass is 592 g/mol. The predicted octanol–water partition coefficient (Wildman–Crippen LogP) is 6.74. The average Bonchev–Trinajstić information content (AvgIpc) is 3.26. The SMILES string of the molecule is O=C1c2cc(OS(=O)(=O)c3ccc4ccccc4c3)ccc2-c2ccc(OS(=O)(=O)c3ccc4ccccc4c3)cc21. The van der Waals surface area contributed by atoms with Crippen LogP contribution >= 0.6 is 0 Å². The number of ketones is 1. The Bertz CT molecular complexity index is 2140. The van der Waals surface area contributed by atoms with Gasteiger partial charge in [0.1, 0.15) is 21.3 Å². The Morgan fingerprint density at radius 2 is 0.810 bits per heavy atom. The van der Waals surface area contributed by atoms with Crippen LogP contribution in [0.3, 0.4) is 0 Å². The van der Waals surface area contributed by atoms with Gasteiger partial charge in [-0.15, -0.1) is 0 Å². The molecule has 206 valence electrons. The molecule has 1 aliphatic rings. The van der Waals surface area contributed by atoms with Crippen molar-refractivity contribution in [1.82, 2.24) is 0 Å². The molecule has 0 atom stereocenters. The Balaban J connectivity index is 1.15. The van der Waals surface area contributed by atoms with Crippen LogP contribution in [0, 0.1) is 0 Å². The third-order valence-corrected chi connectivity index (χ3v) is 9.68. The average molecular weight is 593 g/mol. The second-order valence-electron chi connectivity index (χ2n) is 9.84. The lowest BCUT2D eigenvalue weighted by Gasteiger charge is -2.10. The van der Waals surface area contributed by atoms with E-state index in [2.05, 4.69) is 0 Å². The molecular weight excluding hydrogens is 572 g/mol. The van der Waals surface area contributed by atoms with Gasteiger partial charge in [0, 0.05) is 11.1 Å².